The van der Waals surface area contributed by atoms with Crippen LogP contribution in [-0.4, -0.2) is 51.4 Å². The zero-order valence-electron chi connectivity index (χ0n) is 14.7. The van der Waals surface area contributed by atoms with Gasteiger partial charge in [0, 0.05) is 25.7 Å². The number of carbonyl (C=O) groups is 1. The average Bonchev–Trinajstić information content (AvgIpc) is 3.25. The molecule has 0 aromatic carbocycles. The van der Waals surface area contributed by atoms with Gasteiger partial charge in [-0.3, -0.25) is 4.90 Å². The lowest BCUT2D eigenvalue weighted by Crippen LogP contribution is -2.45. The van der Waals surface area contributed by atoms with Crippen LogP contribution < -0.4 is 10.6 Å². The Labute approximate surface area is 144 Å². The van der Waals surface area contributed by atoms with Gasteiger partial charge in [0.1, 0.15) is 12.2 Å². The molecule has 0 spiro atoms. The van der Waals surface area contributed by atoms with Crippen LogP contribution in [0.15, 0.2) is 6.33 Å². The van der Waals surface area contributed by atoms with Gasteiger partial charge >= 0.3 is 6.03 Å². The molecule has 1 aromatic heterocycles. The van der Waals surface area contributed by atoms with Crippen molar-refractivity contribution in [3.63, 3.8) is 0 Å². The number of amides is 2. The lowest BCUT2D eigenvalue weighted by atomic mass is 9.98. The minimum atomic E-state index is 0.00440. The van der Waals surface area contributed by atoms with Crippen LogP contribution in [0.25, 0.3) is 0 Å². The van der Waals surface area contributed by atoms with Gasteiger partial charge in [-0.25, -0.2) is 14.5 Å². The van der Waals surface area contributed by atoms with Crippen LogP contribution >= 0.6 is 0 Å². The minimum Gasteiger partial charge on any atom is -0.338 e. The van der Waals surface area contributed by atoms with Gasteiger partial charge in [0.25, 0.3) is 0 Å². The first-order valence-electron chi connectivity index (χ1n) is 9.38. The Balaban J connectivity index is 1.41. The maximum atomic E-state index is 12.0. The maximum absolute atomic E-state index is 12.0. The van der Waals surface area contributed by atoms with E-state index in [0.29, 0.717) is 12.0 Å². The molecule has 3 rings (SSSR count). The van der Waals surface area contributed by atoms with E-state index in [1.54, 1.807) is 6.33 Å². The molecule has 1 saturated heterocycles. The quantitative estimate of drug-likeness (QED) is 0.831. The minimum absolute atomic E-state index is 0.00440. The number of nitrogens with one attached hydrogen (secondary N) is 2. The molecular weight excluding hydrogens is 304 g/mol. The highest BCUT2D eigenvalue weighted by Crippen LogP contribution is 2.18. The summed E-state index contributed by atoms with van der Waals surface area (Å²) in [5, 5.41) is 10.4. The summed E-state index contributed by atoms with van der Waals surface area (Å²) in [5.74, 6) is 1.55. The molecule has 134 valence electrons. The smallest absolute Gasteiger partial charge is 0.315 e. The van der Waals surface area contributed by atoms with Gasteiger partial charge in [-0.2, -0.15) is 5.10 Å². The second-order valence-electron chi connectivity index (χ2n) is 7.07. The third kappa shape index (κ3) is 4.69. The topological polar surface area (TPSA) is 75.1 Å². The fourth-order valence-corrected chi connectivity index (χ4v) is 3.88. The normalized spacial score (nSPS) is 22.6. The van der Waals surface area contributed by atoms with E-state index in [0.717, 1.165) is 51.4 Å². The van der Waals surface area contributed by atoms with E-state index in [2.05, 4.69) is 32.5 Å². The highest BCUT2D eigenvalue weighted by Gasteiger charge is 2.22. The van der Waals surface area contributed by atoms with E-state index in [-0.39, 0.29) is 6.03 Å². The molecule has 7 heteroatoms. The molecule has 7 nitrogen and oxygen atoms in total. The van der Waals surface area contributed by atoms with Crippen LogP contribution in [-0.2, 0) is 13.1 Å². The van der Waals surface area contributed by atoms with Gasteiger partial charge in [-0.1, -0.05) is 12.8 Å². The van der Waals surface area contributed by atoms with Crippen molar-refractivity contribution in [3.05, 3.63) is 12.2 Å². The second-order valence-corrected chi connectivity index (χ2v) is 7.07. The van der Waals surface area contributed by atoms with E-state index in [4.69, 9.17) is 0 Å². The molecule has 2 amide bonds. The molecule has 2 heterocycles. The van der Waals surface area contributed by atoms with Crippen LogP contribution in [0.1, 0.15) is 51.3 Å². The van der Waals surface area contributed by atoms with Crippen molar-refractivity contribution >= 4 is 6.03 Å². The summed E-state index contributed by atoms with van der Waals surface area (Å²) < 4.78 is 1.96. The number of piperidine rings is 1. The summed E-state index contributed by atoms with van der Waals surface area (Å²) in [6, 6.07) is 0.387. The van der Waals surface area contributed by atoms with E-state index in [1.807, 2.05) is 4.68 Å². The van der Waals surface area contributed by atoms with E-state index in [9.17, 15) is 4.79 Å². The number of likely N-dealkylation sites (tertiary alicyclic amines) is 1. The third-order valence-electron chi connectivity index (χ3n) is 5.21. The van der Waals surface area contributed by atoms with Gasteiger partial charge < -0.3 is 10.6 Å². The van der Waals surface area contributed by atoms with Crippen LogP contribution in [0.5, 0.6) is 0 Å². The van der Waals surface area contributed by atoms with Crippen molar-refractivity contribution < 1.29 is 4.79 Å². The highest BCUT2D eigenvalue weighted by atomic mass is 16.2. The summed E-state index contributed by atoms with van der Waals surface area (Å²) in [7, 11) is 0. The molecule has 1 aliphatic heterocycles. The Bertz CT molecular complexity index is 525. The number of nitrogens with zero attached hydrogens (tertiary/aromatic N) is 4. The number of urea groups is 1. The number of hydrogen-bond acceptors (Lipinski definition) is 4. The van der Waals surface area contributed by atoms with Crippen molar-refractivity contribution in [1.29, 1.82) is 0 Å². The highest BCUT2D eigenvalue weighted by molar-refractivity contribution is 5.74. The fraction of sp³-hybridized carbons (Fsp3) is 0.824. The monoisotopic (exact) mass is 334 g/mol. The van der Waals surface area contributed by atoms with E-state index < -0.39 is 0 Å². The van der Waals surface area contributed by atoms with Crippen LogP contribution in [0.4, 0.5) is 4.79 Å². The number of aromatic nitrogens is 3. The Hall–Kier alpha value is -1.63. The molecule has 1 aliphatic carbocycles. The SMILES string of the molecule is CCn1ncnc1CN1CCC[C@H](CNC(=O)NC2CCCC2)C1. The summed E-state index contributed by atoms with van der Waals surface area (Å²) in [4.78, 5) is 18.8. The number of hydrogen-bond donors (Lipinski definition) is 2. The predicted octanol–water partition coefficient (Wildman–Crippen LogP) is 1.75. The van der Waals surface area contributed by atoms with Gasteiger partial charge in [0.2, 0.25) is 0 Å². The second kappa shape index (κ2) is 8.46. The van der Waals surface area contributed by atoms with Gasteiger partial charge in [-0.05, 0) is 45.1 Å². The fourth-order valence-electron chi connectivity index (χ4n) is 3.88. The molecule has 0 radical (unpaired) electrons. The van der Waals surface area contributed by atoms with E-state index in [1.165, 1.54) is 25.7 Å². The molecule has 0 unspecified atom stereocenters. The molecule has 1 atom stereocenters. The van der Waals surface area contributed by atoms with Gasteiger partial charge in [-0.15, -0.1) is 0 Å². The Morgan fingerprint density at radius 3 is 2.92 bits per heavy atom. The van der Waals surface area contributed by atoms with Crippen molar-refractivity contribution in [2.75, 3.05) is 19.6 Å². The molecule has 2 aliphatic rings. The maximum Gasteiger partial charge on any atom is 0.315 e. The van der Waals surface area contributed by atoms with Crippen LogP contribution in [0.2, 0.25) is 0 Å². The van der Waals surface area contributed by atoms with Crippen LogP contribution in [0, 0.1) is 5.92 Å². The molecule has 2 fully saturated rings. The zero-order valence-corrected chi connectivity index (χ0v) is 14.7. The molecule has 1 aromatic rings. The summed E-state index contributed by atoms with van der Waals surface area (Å²) in [6.07, 6.45) is 8.73. The summed E-state index contributed by atoms with van der Waals surface area (Å²) in [5.41, 5.74) is 0. The lowest BCUT2D eigenvalue weighted by molar-refractivity contribution is 0.159. The molecule has 1 saturated carbocycles. The van der Waals surface area contributed by atoms with Crippen molar-refractivity contribution in [3.8, 4) is 0 Å². The summed E-state index contributed by atoms with van der Waals surface area (Å²) in [6.45, 7) is 6.66. The van der Waals surface area contributed by atoms with Crippen LogP contribution in [0.3, 0.4) is 0 Å². The van der Waals surface area contributed by atoms with Crippen molar-refractivity contribution in [2.24, 2.45) is 5.92 Å². The van der Waals surface area contributed by atoms with Gasteiger partial charge in [0.05, 0.1) is 6.54 Å². The molecule has 2 N–H and O–H groups in total. The Kier molecular flexibility index (Phi) is 6.07. The van der Waals surface area contributed by atoms with Gasteiger partial charge in [0.15, 0.2) is 0 Å². The third-order valence-corrected chi connectivity index (χ3v) is 5.21. The molecule has 24 heavy (non-hydrogen) atoms. The Morgan fingerprint density at radius 1 is 1.29 bits per heavy atom. The first kappa shape index (κ1) is 17.2. The van der Waals surface area contributed by atoms with Crippen molar-refractivity contribution in [2.45, 2.75) is 64.6 Å². The number of aryl methyl sites for hydroxylation is 1. The standard InChI is InChI=1S/C17H30N6O/c1-2-23-16(19-13-20-23)12-22-9-5-6-14(11-22)10-18-17(24)21-15-7-3-4-8-15/h13-15H,2-12H2,1H3,(H2,18,21,24)/t14-/m1/s1. The zero-order chi connectivity index (χ0) is 16.8. The summed E-state index contributed by atoms with van der Waals surface area (Å²) >= 11 is 0. The van der Waals surface area contributed by atoms with Crippen molar-refractivity contribution in [1.82, 2.24) is 30.3 Å². The predicted molar refractivity (Wildman–Crippen MR) is 92.5 cm³/mol. The first-order valence-corrected chi connectivity index (χ1v) is 9.38. The first-order chi connectivity index (χ1) is 11.7. The molecular formula is C17H30N6O. The average molecular weight is 334 g/mol. The lowest BCUT2D eigenvalue weighted by Gasteiger charge is -2.32. The van der Waals surface area contributed by atoms with E-state index >= 15 is 0 Å². The number of rotatable bonds is 6. The molecule has 0 bridgehead atoms. The largest absolute Gasteiger partial charge is 0.338 e. The Morgan fingerprint density at radius 2 is 2.12 bits per heavy atom. The number of carbonyl (C=O) groups excluding carboxylic acids is 1.